The van der Waals surface area contributed by atoms with Crippen LogP contribution in [0.1, 0.15) is 41.5 Å². The number of hydrogen-bond donors (Lipinski definition) is 0. The van der Waals surface area contributed by atoms with Gasteiger partial charge in [0.15, 0.2) is 5.78 Å². The molecule has 3 heteroatoms. The molecule has 0 spiro atoms. The predicted octanol–water partition coefficient (Wildman–Crippen LogP) is 3.21. The molecule has 0 aromatic rings. The van der Waals surface area contributed by atoms with Crippen LogP contribution in [0.3, 0.4) is 0 Å². The van der Waals surface area contributed by atoms with Crippen LogP contribution in [0.5, 0.6) is 0 Å². The largest absolute Gasteiger partial charge is 0.290 e. The molecule has 1 unspecified atom stereocenters. The summed E-state index contributed by atoms with van der Waals surface area (Å²) >= 11 is 0. The Morgan fingerprint density at radius 2 is 1.88 bits per heavy atom. The van der Waals surface area contributed by atoms with Crippen molar-refractivity contribution in [2.24, 2.45) is 5.92 Å². The number of allylic oxidation sites excluding steroid dienone is 2. The standard InChI is InChI=1S/C14H22O3/c1-10(2)14(17-16-13(4,5)6)8-7-12(15)9-11(14)3/h7-10H,1-6H3. The highest BCUT2D eigenvalue weighted by atomic mass is 17.2. The number of carbonyl (C=O) groups excluding carboxylic acids is 1. The van der Waals surface area contributed by atoms with Gasteiger partial charge in [-0.1, -0.05) is 13.8 Å². The molecule has 0 bridgehead atoms. The average Bonchev–Trinajstić information content (AvgIpc) is 2.15. The molecule has 96 valence electrons. The van der Waals surface area contributed by atoms with E-state index in [1.54, 1.807) is 18.2 Å². The maximum Gasteiger partial charge on any atom is 0.178 e. The van der Waals surface area contributed by atoms with E-state index in [1.807, 2.05) is 41.5 Å². The fraction of sp³-hybridized carbons (Fsp3) is 0.643. The molecule has 0 heterocycles. The fourth-order valence-electron chi connectivity index (χ4n) is 1.74. The minimum absolute atomic E-state index is 0.00173. The minimum atomic E-state index is -0.638. The van der Waals surface area contributed by atoms with Crippen LogP contribution in [0.4, 0.5) is 0 Å². The van der Waals surface area contributed by atoms with Crippen molar-refractivity contribution in [2.75, 3.05) is 0 Å². The van der Waals surface area contributed by atoms with Crippen molar-refractivity contribution >= 4 is 5.78 Å². The van der Waals surface area contributed by atoms with Crippen LogP contribution >= 0.6 is 0 Å². The van der Waals surface area contributed by atoms with Gasteiger partial charge in [0.05, 0.1) is 5.60 Å². The summed E-state index contributed by atoms with van der Waals surface area (Å²) in [6.07, 6.45) is 4.94. The molecule has 1 aliphatic carbocycles. The van der Waals surface area contributed by atoms with Crippen molar-refractivity contribution in [2.45, 2.75) is 52.7 Å². The van der Waals surface area contributed by atoms with Gasteiger partial charge in [-0.15, -0.1) is 0 Å². The lowest BCUT2D eigenvalue weighted by molar-refractivity contribution is -0.392. The molecule has 0 amide bonds. The molecule has 0 aliphatic heterocycles. The third-order valence-corrected chi connectivity index (χ3v) is 2.76. The zero-order chi connectivity index (χ0) is 13.3. The van der Waals surface area contributed by atoms with E-state index in [0.29, 0.717) is 0 Å². The molecule has 17 heavy (non-hydrogen) atoms. The molecule has 0 fully saturated rings. The van der Waals surface area contributed by atoms with Gasteiger partial charge in [-0.05, 0) is 57.4 Å². The summed E-state index contributed by atoms with van der Waals surface area (Å²) in [5, 5.41) is 0. The van der Waals surface area contributed by atoms with Gasteiger partial charge in [-0.25, -0.2) is 9.78 Å². The van der Waals surface area contributed by atoms with Gasteiger partial charge in [0.2, 0.25) is 0 Å². The highest BCUT2D eigenvalue weighted by Gasteiger charge is 2.39. The molecular weight excluding hydrogens is 216 g/mol. The van der Waals surface area contributed by atoms with Gasteiger partial charge < -0.3 is 0 Å². The van der Waals surface area contributed by atoms with Gasteiger partial charge in [-0.2, -0.15) is 0 Å². The Bertz CT molecular complexity index is 358. The van der Waals surface area contributed by atoms with Gasteiger partial charge in [-0.3, -0.25) is 4.79 Å². The summed E-state index contributed by atoms with van der Waals surface area (Å²) in [6.45, 7) is 11.8. The summed E-state index contributed by atoms with van der Waals surface area (Å²) in [7, 11) is 0. The van der Waals surface area contributed by atoms with Crippen LogP contribution in [0, 0.1) is 5.92 Å². The number of hydrogen-bond acceptors (Lipinski definition) is 3. The smallest absolute Gasteiger partial charge is 0.178 e. The Balaban J connectivity index is 2.96. The molecule has 1 aliphatic rings. The third-order valence-electron chi connectivity index (χ3n) is 2.76. The van der Waals surface area contributed by atoms with Crippen molar-refractivity contribution in [3.05, 3.63) is 23.8 Å². The third kappa shape index (κ3) is 3.27. The Kier molecular flexibility index (Phi) is 3.95. The predicted molar refractivity (Wildman–Crippen MR) is 67.4 cm³/mol. The first-order chi connectivity index (χ1) is 7.67. The van der Waals surface area contributed by atoms with Crippen molar-refractivity contribution in [1.82, 2.24) is 0 Å². The molecule has 1 rings (SSSR count). The second-order valence-electron chi connectivity index (χ2n) is 5.79. The monoisotopic (exact) mass is 238 g/mol. The van der Waals surface area contributed by atoms with E-state index in [0.717, 1.165) is 5.57 Å². The summed E-state index contributed by atoms with van der Waals surface area (Å²) < 4.78 is 0. The first kappa shape index (κ1) is 14.1. The average molecular weight is 238 g/mol. The van der Waals surface area contributed by atoms with E-state index in [4.69, 9.17) is 9.78 Å². The Hall–Kier alpha value is -0.930. The van der Waals surface area contributed by atoms with Crippen molar-refractivity contribution in [3.63, 3.8) is 0 Å². The zero-order valence-electron chi connectivity index (χ0n) is 11.5. The van der Waals surface area contributed by atoms with Crippen LogP contribution < -0.4 is 0 Å². The topological polar surface area (TPSA) is 35.5 Å². The summed E-state index contributed by atoms with van der Waals surface area (Å²) in [6, 6.07) is 0. The second kappa shape index (κ2) is 4.75. The quantitative estimate of drug-likeness (QED) is 0.559. The second-order valence-corrected chi connectivity index (χ2v) is 5.79. The van der Waals surface area contributed by atoms with E-state index < -0.39 is 5.60 Å². The Morgan fingerprint density at radius 3 is 2.29 bits per heavy atom. The molecule has 3 nitrogen and oxygen atoms in total. The first-order valence-electron chi connectivity index (χ1n) is 5.96. The van der Waals surface area contributed by atoms with Gasteiger partial charge in [0, 0.05) is 0 Å². The summed E-state index contributed by atoms with van der Waals surface area (Å²) in [4.78, 5) is 22.4. The van der Waals surface area contributed by atoms with Crippen LogP contribution in [-0.4, -0.2) is 17.0 Å². The normalized spacial score (nSPS) is 25.4. The lowest BCUT2D eigenvalue weighted by Gasteiger charge is -2.37. The van der Waals surface area contributed by atoms with Gasteiger partial charge in [0.25, 0.3) is 0 Å². The minimum Gasteiger partial charge on any atom is -0.290 e. The lowest BCUT2D eigenvalue weighted by Crippen LogP contribution is -2.41. The van der Waals surface area contributed by atoms with Crippen LogP contribution in [0.2, 0.25) is 0 Å². The van der Waals surface area contributed by atoms with E-state index in [-0.39, 0.29) is 17.3 Å². The number of ketones is 1. The summed E-state index contributed by atoms with van der Waals surface area (Å²) in [5.74, 6) is 0.184. The van der Waals surface area contributed by atoms with E-state index in [9.17, 15) is 4.79 Å². The van der Waals surface area contributed by atoms with E-state index >= 15 is 0 Å². The SMILES string of the molecule is CC1=CC(=O)C=CC1(OOC(C)(C)C)C(C)C. The van der Waals surface area contributed by atoms with Crippen LogP contribution in [-0.2, 0) is 14.6 Å². The highest BCUT2D eigenvalue weighted by molar-refractivity contribution is 6.01. The van der Waals surface area contributed by atoms with Crippen molar-refractivity contribution < 1.29 is 14.6 Å². The molecule has 0 N–H and O–H groups in total. The van der Waals surface area contributed by atoms with E-state index in [1.165, 1.54) is 0 Å². The Morgan fingerprint density at radius 1 is 1.29 bits per heavy atom. The van der Waals surface area contributed by atoms with Crippen molar-refractivity contribution in [3.8, 4) is 0 Å². The molecule has 0 saturated heterocycles. The van der Waals surface area contributed by atoms with Gasteiger partial charge in [0.1, 0.15) is 5.60 Å². The maximum atomic E-state index is 11.3. The summed E-state index contributed by atoms with van der Waals surface area (Å²) in [5.41, 5.74) is -0.136. The van der Waals surface area contributed by atoms with Crippen LogP contribution in [0.15, 0.2) is 23.8 Å². The first-order valence-corrected chi connectivity index (χ1v) is 5.96. The molecule has 1 atom stereocenters. The molecule has 0 aromatic heterocycles. The van der Waals surface area contributed by atoms with E-state index in [2.05, 4.69) is 0 Å². The number of rotatable bonds is 3. The fourth-order valence-corrected chi connectivity index (χ4v) is 1.74. The molecule has 0 radical (unpaired) electrons. The molecular formula is C14H22O3. The lowest BCUT2D eigenvalue weighted by atomic mass is 9.80. The molecule has 0 saturated carbocycles. The highest BCUT2D eigenvalue weighted by Crippen LogP contribution is 2.35. The van der Waals surface area contributed by atoms with Gasteiger partial charge >= 0.3 is 0 Å². The Labute approximate surface area is 103 Å². The van der Waals surface area contributed by atoms with Crippen LogP contribution in [0.25, 0.3) is 0 Å². The maximum absolute atomic E-state index is 11.3. The molecule has 0 aromatic carbocycles. The zero-order valence-corrected chi connectivity index (χ0v) is 11.5. The van der Waals surface area contributed by atoms with Crippen molar-refractivity contribution in [1.29, 1.82) is 0 Å². The number of carbonyl (C=O) groups is 1.